The lowest BCUT2D eigenvalue weighted by Gasteiger charge is -2.09. The third-order valence-corrected chi connectivity index (χ3v) is 3.73. The third-order valence-electron chi connectivity index (χ3n) is 3.38. The number of fused-ring (bicyclic) bond motifs is 1. The van der Waals surface area contributed by atoms with Crippen LogP contribution in [0.25, 0.3) is 10.9 Å². The predicted molar refractivity (Wildman–Crippen MR) is 75.2 cm³/mol. The lowest BCUT2D eigenvalue weighted by Crippen LogP contribution is -2.06. The molecule has 5 heteroatoms. The van der Waals surface area contributed by atoms with Crippen molar-refractivity contribution in [2.45, 2.75) is 13.2 Å². The van der Waals surface area contributed by atoms with Gasteiger partial charge in [-0.1, -0.05) is 29.8 Å². The lowest BCUT2D eigenvalue weighted by atomic mass is 10.1. The van der Waals surface area contributed by atoms with E-state index < -0.39 is 0 Å². The second-order valence-corrected chi connectivity index (χ2v) is 4.90. The molecule has 98 valence electrons. The molecule has 0 spiro atoms. The minimum Gasteiger partial charge on any atom is -0.392 e. The van der Waals surface area contributed by atoms with E-state index in [1.54, 1.807) is 6.20 Å². The summed E-state index contributed by atoms with van der Waals surface area (Å²) in [6, 6.07) is 7.97. The van der Waals surface area contributed by atoms with Gasteiger partial charge in [-0.25, -0.2) is 4.98 Å². The molecule has 3 rings (SSSR count). The maximum atomic E-state index is 9.45. The van der Waals surface area contributed by atoms with Crippen LogP contribution in [0.3, 0.4) is 0 Å². The van der Waals surface area contributed by atoms with Gasteiger partial charge in [0.25, 0.3) is 0 Å². The van der Waals surface area contributed by atoms with E-state index in [9.17, 15) is 5.11 Å². The molecule has 0 atom stereocenters. The molecule has 0 fully saturated rings. The number of nitrogens with zero attached hydrogens (tertiary/aromatic N) is 3. The minimum absolute atomic E-state index is 0.0304. The molecule has 19 heavy (non-hydrogen) atoms. The topological polar surface area (TPSA) is 43.0 Å². The standard InChI is InChI=1S/C14H14ClN3O/c1-17-12(15)7-16-13(17)8-18-6-5-10-3-2-4-11(9-19)14(10)18/h2-7,19H,8-9H2,1H3. The average Bonchev–Trinajstić information content (AvgIpc) is 2.98. The zero-order valence-corrected chi connectivity index (χ0v) is 11.3. The molecule has 0 amide bonds. The van der Waals surface area contributed by atoms with Crippen LogP contribution < -0.4 is 0 Å². The highest BCUT2D eigenvalue weighted by atomic mass is 35.5. The Morgan fingerprint density at radius 1 is 1.32 bits per heavy atom. The van der Waals surface area contributed by atoms with Crippen molar-refractivity contribution in [3.63, 3.8) is 0 Å². The van der Waals surface area contributed by atoms with Gasteiger partial charge in [0, 0.05) is 18.8 Å². The molecule has 0 saturated heterocycles. The Hall–Kier alpha value is -1.78. The van der Waals surface area contributed by atoms with Crippen molar-refractivity contribution < 1.29 is 5.11 Å². The number of aliphatic hydroxyl groups is 1. The van der Waals surface area contributed by atoms with Crippen LogP contribution in [0.4, 0.5) is 0 Å². The Morgan fingerprint density at radius 3 is 2.84 bits per heavy atom. The van der Waals surface area contributed by atoms with Crippen molar-refractivity contribution in [3.05, 3.63) is 53.2 Å². The number of aliphatic hydroxyl groups excluding tert-OH is 1. The molecule has 2 aromatic heterocycles. The van der Waals surface area contributed by atoms with Gasteiger partial charge >= 0.3 is 0 Å². The van der Waals surface area contributed by atoms with Gasteiger partial charge in [0.05, 0.1) is 24.9 Å². The van der Waals surface area contributed by atoms with Crippen LogP contribution in [0.15, 0.2) is 36.7 Å². The van der Waals surface area contributed by atoms with Gasteiger partial charge in [0.2, 0.25) is 0 Å². The van der Waals surface area contributed by atoms with Gasteiger partial charge in [-0.2, -0.15) is 0 Å². The fourth-order valence-corrected chi connectivity index (χ4v) is 2.47. The number of imidazole rings is 1. The molecule has 4 nitrogen and oxygen atoms in total. The molecule has 1 N–H and O–H groups in total. The summed E-state index contributed by atoms with van der Waals surface area (Å²) in [5, 5.41) is 11.2. The number of hydrogen-bond acceptors (Lipinski definition) is 2. The fourth-order valence-electron chi connectivity index (χ4n) is 2.32. The molecule has 1 aromatic carbocycles. The zero-order valence-electron chi connectivity index (χ0n) is 10.5. The highest BCUT2D eigenvalue weighted by Crippen LogP contribution is 2.22. The number of halogens is 1. The maximum absolute atomic E-state index is 9.45. The molecule has 0 unspecified atom stereocenters. The first-order valence-corrected chi connectivity index (χ1v) is 6.42. The molecular formula is C14H14ClN3O. The van der Waals surface area contributed by atoms with Crippen molar-refractivity contribution in [2.75, 3.05) is 0 Å². The van der Waals surface area contributed by atoms with E-state index >= 15 is 0 Å². The number of hydrogen-bond donors (Lipinski definition) is 1. The van der Waals surface area contributed by atoms with Gasteiger partial charge in [-0.15, -0.1) is 0 Å². The fraction of sp³-hybridized carbons (Fsp3) is 0.214. The van der Waals surface area contributed by atoms with Crippen LogP contribution in [0, 0.1) is 0 Å². The predicted octanol–water partition coefficient (Wildman–Crippen LogP) is 2.57. The monoisotopic (exact) mass is 275 g/mol. The van der Waals surface area contributed by atoms with E-state index in [4.69, 9.17) is 11.6 Å². The summed E-state index contributed by atoms with van der Waals surface area (Å²) in [4.78, 5) is 4.30. The second kappa shape index (κ2) is 4.72. The van der Waals surface area contributed by atoms with E-state index in [1.807, 2.05) is 42.1 Å². The Bertz CT molecular complexity index is 729. The maximum Gasteiger partial charge on any atom is 0.129 e. The summed E-state index contributed by atoms with van der Waals surface area (Å²) in [5.74, 6) is 0.884. The first-order chi connectivity index (χ1) is 9.20. The molecule has 0 saturated carbocycles. The van der Waals surface area contributed by atoms with Crippen LogP contribution in [-0.2, 0) is 20.2 Å². The van der Waals surface area contributed by atoms with Gasteiger partial charge in [0.1, 0.15) is 11.0 Å². The quantitative estimate of drug-likeness (QED) is 0.798. The van der Waals surface area contributed by atoms with Gasteiger partial charge in [0.15, 0.2) is 0 Å². The van der Waals surface area contributed by atoms with Gasteiger partial charge in [-0.05, 0) is 11.5 Å². The zero-order chi connectivity index (χ0) is 13.4. The molecule has 2 heterocycles. The van der Waals surface area contributed by atoms with Gasteiger partial charge in [-0.3, -0.25) is 0 Å². The van der Waals surface area contributed by atoms with Crippen molar-refractivity contribution in [1.29, 1.82) is 0 Å². The average molecular weight is 276 g/mol. The lowest BCUT2D eigenvalue weighted by molar-refractivity contribution is 0.283. The Kier molecular flexibility index (Phi) is 3.05. The summed E-state index contributed by atoms with van der Waals surface area (Å²) in [6.07, 6.45) is 3.65. The minimum atomic E-state index is 0.0304. The van der Waals surface area contributed by atoms with Crippen LogP contribution in [0.1, 0.15) is 11.4 Å². The Balaban J connectivity index is 2.08. The summed E-state index contributed by atoms with van der Waals surface area (Å²) in [6.45, 7) is 0.659. The summed E-state index contributed by atoms with van der Waals surface area (Å²) < 4.78 is 3.94. The normalized spacial score (nSPS) is 11.3. The number of aromatic nitrogens is 3. The first kappa shape index (κ1) is 12.3. The smallest absolute Gasteiger partial charge is 0.129 e. The van der Waals surface area contributed by atoms with Crippen LogP contribution in [0.2, 0.25) is 5.15 Å². The third kappa shape index (κ3) is 2.03. The number of benzene rings is 1. The largest absolute Gasteiger partial charge is 0.392 e. The molecule has 3 aromatic rings. The molecule has 0 aliphatic rings. The van der Waals surface area contributed by atoms with E-state index in [0.717, 1.165) is 22.3 Å². The molecule has 0 aliphatic carbocycles. The van der Waals surface area contributed by atoms with E-state index in [2.05, 4.69) is 9.55 Å². The molecule has 0 radical (unpaired) electrons. The van der Waals surface area contributed by atoms with Gasteiger partial charge < -0.3 is 14.2 Å². The Labute approximate surface area is 115 Å². The second-order valence-electron chi connectivity index (χ2n) is 4.51. The van der Waals surface area contributed by atoms with Crippen LogP contribution >= 0.6 is 11.6 Å². The SMILES string of the molecule is Cn1c(Cl)cnc1Cn1ccc2cccc(CO)c21. The van der Waals surface area contributed by atoms with Crippen molar-refractivity contribution in [1.82, 2.24) is 14.1 Å². The summed E-state index contributed by atoms with van der Waals surface area (Å²) in [5.41, 5.74) is 1.96. The highest BCUT2D eigenvalue weighted by Gasteiger charge is 2.09. The van der Waals surface area contributed by atoms with Crippen LogP contribution in [0.5, 0.6) is 0 Å². The van der Waals surface area contributed by atoms with Crippen molar-refractivity contribution in [2.24, 2.45) is 7.05 Å². The molecular weight excluding hydrogens is 262 g/mol. The van der Waals surface area contributed by atoms with Crippen molar-refractivity contribution in [3.8, 4) is 0 Å². The van der Waals surface area contributed by atoms with E-state index in [0.29, 0.717) is 11.7 Å². The Morgan fingerprint density at radius 2 is 2.16 bits per heavy atom. The number of rotatable bonds is 3. The molecule has 0 aliphatic heterocycles. The van der Waals surface area contributed by atoms with Crippen molar-refractivity contribution >= 4 is 22.5 Å². The summed E-state index contributed by atoms with van der Waals surface area (Å²) >= 11 is 6.00. The van der Waals surface area contributed by atoms with E-state index in [1.165, 1.54) is 0 Å². The van der Waals surface area contributed by atoms with E-state index in [-0.39, 0.29) is 6.61 Å². The van der Waals surface area contributed by atoms with Crippen LogP contribution in [-0.4, -0.2) is 19.2 Å². The number of para-hydroxylation sites is 1. The summed E-state index contributed by atoms with van der Waals surface area (Å²) in [7, 11) is 1.89. The highest BCUT2D eigenvalue weighted by molar-refractivity contribution is 6.29. The first-order valence-electron chi connectivity index (χ1n) is 6.04. The molecule has 0 bridgehead atoms.